The van der Waals surface area contributed by atoms with E-state index in [1.54, 1.807) is 60.3 Å². The molecule has 23 heavy (non-hydrogen) atoms. The smallest absolute Gasteiger partial charge is 0.244 e. The second-order valence-electron chi connectivity index (χ2n) is 5.08. The van der Waals surface area contributed by atoms with Crippen LogP contribution in [0, 0.1) is 0 Å². The predicted molar refractivity (Wildman–Crippen MR) is 90.2 cm³/mol. The minimum absolute atomic E-state index is 0.00885. The van der Waals surface area contributed by atoms with Gasteiger partial charge in [-0.25, -0.2) is 8.42 Å². The fourth-order valence-electron chi connectivity index (χ4n) is 2.55. The van der Waals surface area contributed by atoms with Gasteiger partial charge < -0.3 is 9.84 Å². The van der Waals surface area contributed by atoms with E-state index in [9.17, 15) is 13.5 Å². The fourth-order valence-corrected chi connectivity index (χ4v) is 5.80. The summed E-state index contributed by atoms with van der Waals surface area (Å²) in [6, 6.07) is 13.4. The Morgan fingerprint density at radius 1 is 1.22 bits per heavy atom. The zero-order valence-corrected chi connectivity index (χ0v) is 14.2. The van der Waals surface area contributed by atoms with Crippen LogP contribution < -0.4 is 4.74 Å². The Kier molecular flexibility index (Phi) is 4.52. The number of hydrogen-bond acceptors (Lipinski definition) is 5. The fraction of sp³-hybridized carbons (Fsp3) is 0.250. The summed E-state index contributed by atoms with van der Waals surface area (Å²) in [6.45, 7) is 0.444. The van der Waals surface area contributed by atoms with E-state index in [0.29, 0.717) is 18.0 Å². The highest BCUT2D eigenvalue weighted by Crippen LogP contribution is 2.43. The number of phenols is 1. The molecular weight excluding hydrogens is 334 g/mol. The molecule has 2 aromatic carbocycles. The molecule has 5 nitrogen and oxygen atoms in total. The SMILES string of the molecule is COc1ccc(C2SCCN2S(=O)(=O)c2ccccc2)cc1O. The predicted octanol–water partition coefficient (Wildman–Crippen LogP) is 2.84. The second-order valence-corrected chi connectivity index (χ2v) is 8.16. The van der Waals surface area contributed by atoms with E-state index >= 15 is 0 Å². The van der Waals surface area contributed by atoms with Gasteiger partial charge in [0.1, 0.15) is 0 Å². The van der Waals surface area contributed by atoms with Crippen LogP contribution in [0.5, 0.6) is 11.5 Å². The first kappa shape index (κ1) is 16.2. The molecule has 1 N–H and O–H groups in total. The molecule has 0 spiro atoms. The standard InChI is InChI=1S/C16H17NO4S2/c1-21-15-8-7-12(11-14(15)18)16-17(9-10-22-16)23(19,20)13-5-3-2-4-6-13/h2-8,11,16,18H,9-10H2,1H3. The molecule has 1 atom stereocenters. The first-order chi connectivity index (χ1) is 11.0. The molecule has 1 saturated heterocycles. The zero-order chi connectivity index (χ0) is 16.4. The number of hydrogen-bond donors (Lipinski definition) is 1. The Labute approximate surface area is 139 Å². The number of benzene rings is 2. The summed E-state index contributed by atoms with van der Waals surface area (Å²) in [5.74, 6) is 1.09. The van der Waals surface area contributed by atoms with E-state index in [-0.39, 0.29) is 16.0 Å². The molecule has 1 heterocycles. The van der Waals surface area contributed by atoms with Crippen molar-refractivity contribution in [3.63, 3.8) is 0 Å². The molecule has 1 aliphatic rings. The molecule has 0 radical (unpaired) electrons. The highest BCUT2D eigenvalue weighted by molar-refractivity contribution is 8.01. The van der Waals surface area contributed by atoms with Crippen LogP contribution >= 0.6 is 11.8 Å². The van der Waals surface area contributed by atoms with E-state index in [4.69, 9.17) is 4.74 Å². The van der Waals surface area contributed by atoms with E-state index in [1.807, 2.05) is 0 Å². The van der Waals surface area contributed by atoms with Gasteiger partial charge in [-0.2, -0.15) is 4.31 Å². The molecule has 0 amide bonds. The number of ether oxygens (including phenoxy) is 1. The van der Waals surface area contributed by atoms with Gasteiger partial charge in [-0.3, -0.25) is 0 Å². The highest BCUT2D eigenvalue weighted by atomic mass is 32.2. The summed E-state index contributed by atoms with van der Waals surface area (Å²) in [4.78, 5) is 0.283. The zero-order valence-electron chi connectivity index (χ0n) is 12.5. The number of aromatic hydroxyl groups is 1. The van der Waals surface area contributed by atoms with Crippen molar-refractivity contribution < 1.29 is 18.3 Å². The Balaban J connectivity index is 1.96. The minimum atomic E-state index is -3.56. The van der Waals surface area contributed by atoms with Crippen LogP contribution in [-0.4, -0.2) is 37.2 Å². The van der Waals surface area contributed by atoms with E-state index in [0.717, 1.165) is 5.56 Å². The van der Waals surface area contributed by atoms with Gasteiger partial charge in [0.25, 0.3) is 0 Å². The molecule has 2 aromatic rings. The number of methoxy groups -OCH3 is 1. The average Bonchev–Trinajstić information content (AvgIpc) is 3.06. The molecule has 1 fully saturated rings. The Morgan fingerprint density at radius 3 is 2.61 bits per heavy atom. The van der Waals surface area contributed by atoms with E-state index in [1.165, 1.54) is 11.4 Å². The maximum atomic E-state index is 12.9. The van der Waals surface area contributed by atoms with Crippen molar-refractivity contribution in [1.29, 1.82) is 0 Å². The van der Waals surface area contributed by atoms with Crippen molar-refractivity contribution in [3.8, 4) is 11.5 Å². The molecule has 3 rings (SSSR count). The minimum Gasteiger partial charge on any atom is -0.504 e. The van der Waals surface area contributed by atoms with E-state index in [2.05, 4.69) is 0 Å². The second kappa shape index (κ2) is 6.43. The number of rotatable bonds is 4. The van der Waals surface area contributed by atoms with Gasteiger partial charge in [-0.1, -0.05) is 24.3 Å². The van der Waals surface area contributed by atoms with Crippen molar-refractivity contribution in [3.05, 3.63) is 54.1 Å². The summed E-state index contributed by atoms with van der Waals surface area (Å²) in [7, 11) is -2.09. The quantitative estimate of drug-likeness (QED) is 0.917. The van der Waals surface area contributed by atoms with Gasteiger partial charge >= 0.3 is 0 Å². The average molecular weight is 351 g/mol. The van der Waals surface area contributed by atoms with Gasteiger partial charge in [0.2, 0.25) is 10.0 Å². The van der Waals surface area contributed by atoms with Gasteiger partial charge in [0.15, 0.2) is 11.5 Å². The molecule has 0 bridgehead atoms. The van der Waals surface area contributed by atoms with Crippen molar-refractivity contribution in [2.45, 2.75) is 10.3 Å². The summed E-state index contributed by atoms with van der Waals surface area (Å²) < 4.78 is 32.2. The Bertz CT molecular complexity index is 793. The lowest BCUT2D eigenvalue weighted by atomic mass is 10.2. The highest BCUT2D eigenvalue weighted by Gasteiger charge is 2.37. The Hall–Kier alpha value is -1.70. The van der Waals surface area contributed by atoms with Gasteiger partial charge in [0, 0.05) is 12.3 Å². The largest absolute Gasteiger partial charge is 0.504 e. The van der Waals surface area contributed by atoms with Crippen molar-refractivity contribution >= 4 is 21.8 Å². The third kappa shape index (κ3) is 3.04. The third-order valence-electron chi connectivity index (χ3n) is 3.69. The van der Waals surface area contributed by atoms with E-state index < -0.39 is 10.0 Å². The van der Waals surface area contributed by atoms with Crippen LogP contribution in [0.2, 0.25) is 0 Å². The van der Waals surface area contributed by atoms with Crippen LogP contribution in [0.3, 0.4) is 0 Å². The van der Waals surface area contributed by atoms with Gasteiger partial charge in [-0.15, -0.1) is 11.8 Å². The molecule has 122 valence electrons. The normalized spacial score (nSPS) is 18.9. The number of nitrogens with zero attached hydrogens (tertiary/aromatic N) is 1. The van der Waals surface area contributed by atoms with Crippen molar-refractivity contribution in [2.75, 3.05) is 19.4 Å². The summed E-state index contributed by atoms with van der Waals surface area (Å²) >= 11 is 1.54. The van der Waals surface area contributed by atoms with Crippen molar-refractivity contribution in [1.82, 2.24) is 4.31 Å². The van der Waals surface area contributed by atoms with Crippen LogP contribution in [0.4, 0.5) is 0 Å². The molecule has 7 heteroatoms. The molecule has 1 aliphatic heterocycles. The molecule has 0 aliphatic carbocycles. The summed E-state index contributed by atoms with van der Waals surface area (Å²) in [5, 5.41) is 9.61. The van der Waals surface area contributed by atoms with Gasteiger partial charge in [-0.05, 0) is 29.8 Å². The van der Waals surface area contributed by atoms with Crippen LogP contribution in [0.25, 0.3) is 0 Å². The monoisotopic (exact) mass is 351 g/mol. The topological polar surface area (TPSA) is 66.8 Å². The summed E-state index contributed by atoms with van der Waals surface area (Å²) in [6.07, 6.45) is 0. The van der Waals surface area contributed by atoms with Crippen molar-refractivity contribution in [2.24, 2.45) is 0 Å². The molecular formula is C16H17NO4S2. The van der Waals surface area contributed by atoms with Crippen LogP contribution in [0.15, 0.2) is 53.4 Å². The van der Waals surface area contributed by atoms with Crippen LogP contribution in [-0.2, 0) is 10.0 Å². The first-order valence-corrected chi connectivity index (χ1v) is 9.58. The summed E-state index contributed by atoms with van der Waals surface area (Å²) in [5.41, 5.74) is 0.741. The first-order valence-electron chi connectivity index (χ1n) is 7.09. The number of phenolic OH excluding ortho intramolecular Hbond substituents is 1. The number of thioether (sulfide) groups is 1. The maximum Gasteiger partial charge on any atom is 0.244 e. The van der Waals surface area contributed by atoms with Crippen LogP contribution in [0.1, 0.15) is 10.9 Å². The lowest BCUT2D eigenvalue weighted by Crippen LogP contribution is -2.30. The molecule has 0 saturated carbocycles. The lowest BCUT2D eigenvalue weighted by molar-refractivity contribution is 0.371. The lowest BCUT2D eigenvalue weighted by Gasteiger charge is -2.24. The van der Waals surface area contributed by atoms with Gasteiger partial charge in [0.05, 0.1) is 17.4 Å². The Morgan fingerprint density at radius 2 is 1.96 bits per heavy atom. The maximum absolute atomic E-state index is 12.9. The third-order valence-corrected chi connectivity index (χ3v) is 6.96. The number of sulfonamides is 1. The molecule has 1 unspecified atom stereocenters. The molecule has 0 aromatic heterocycles.